The van der Waals surface area contributed by atoms with Crippen LogP contribution >= 0.6 is 34.8 Å². The van der Waals surface area contributed by atoms with Gasteiger partial charge in [0.05, 0.1) is 34.6 Å². The SMILES string of the molecule is O=C(Nc1ccc(Oc2cncc(Cl)n2)cc1C(=O)[O-])c1ccc(Cl)cc1Cl.[Li+]. The summed E-state index contributed by atoms with van der Waals surface area (Å²) in [6.45, 7) is 0. The maximum Gasteiger partial charge on any atom is 1.00 e. The molecule has 29 heavy (non-hydrogen) atoms. The Morgan fingerprint density at radius 3 is 2.41 bits per heavy atom. The molecule has 0 bridgehead atoms. The second kappa shape index (κ2) is 9.97. The first-order chi connectivity index (χ1) is 13.3. The molecule has 1 N–H and O–H groups in total. The third-order valence-electron chi connectivity index (χ3n) is 3.44. The van der Waals surface area contributed by atoms with Gasteiger partial charge in [0.15, 0.2) is 5.15 Å². The van der Waals surface area contributed by atoms with E-state index in [9.17, 15) is 14.7 Å². The molecule has 3 aromatic rings. The fourth-order valence-corrected chi connectivity index (χ4v) is 2.86. The van der Waals surface area contributed by atoms with Gasteiger partial charge in [-0.1, -0.05) is 34.8 Å². The molecule has 11 heteroatoms. The van der Waals surface area contributed by atoms with E-state index < -0.39 is 11.9 Å². The second-order valence-electron chi connectivity index (χ2n) is 5.36. The van der Waals surface area contributed by atoms with Crippen LogP contribution in [0.3, 0.4) is 0 Å². The van der Waals surface area contributed by atoms with E-state index in [0.29, 0.717) is 5.02 Å². The number of rotatable bonds is 5. The third kappa shape index (κ3) is 5.86. The number of hydrogen-bond acceptors (Lipinski definition) is 6. The van der Waals surface area contributed by atoms with E-state index in [-0.39, 0.29) is 57.5 Å². The molecule has 0 unspecified atom stereocenters. The standard InChI is InChI=1S/C18H10Cl3N3O4.Li/c19-9-1-3-11(13(20)5-9)17(25)23-14-4-2-10(6-12(14)18(26)27)28-16-8-22-7-15(21)24-16;/h1-8H,(H,23,25)(H,26,27);/q;+1/p-1. The molecular weight excluding hydrogens is 436 g/mol. The minimum absolute atomic E-state index is 0. The summed E-state index contributed by atoms with van der Waals surface area (Å²) in [7, 11) is 0. The molecule has 3 rings (SSSR count). The second-order valence-corrected chi connectivity index (χ2v) is 6.59. The van der Waals surface area contributed by atoms with Crippen LogP contribution in [-0.2, 0) is 0 Å². The van der Waals surface area contributed by atoms with E-state index in [0.717, 1.165) is 0 Å². The largest absolute Gasteiger partial charge is 1.00 e. The molecule has 0 saturated carbocycles. The molecule has 1 amide bonds. The summed E-state index contributed by atoms with van der Waals surface area (Å²) in [6.07, 6.45) is 2.63. The van der Waals surface area contributed by atoms with Gasteiger partial charge in [0.2, 0.25) is 5.88 Å². The number of halogens is 3. The Balaban J connectivity index is 0.00000300. The average molecular weight is 445 g/mol. The van der Waals surface area contributed by atoms with Crippen molar-refractivity contribution in [2.24, 2.45) is 0 Å². The summed E-state index contributed by atoms with van der Waals surface area (Å²) in [5.74, 6) is -1.92. The van der Waals surface area contributed by atoms with Gasteiger partial charge >= 0.3 is 18.9 Å². The Labute approximate surface area is 192 Å². The number of aromatic carboxylic acids is 1. The number of carbonyl (C=O) groups excluding carboxylic acids is 2. The number of ether oxygens (including phenoxy) is 1. The molecule has 0 atom stereocenters. The van der Waals surface area contributed by atoms with Crippen LogP contribution in [0, 0.1) is 0 Å². The van der Waals surface area contributed by atoms with Gasteiger partial charge in [-0.2, -0.15) is 4.98 Å². The van der Waals surface area contributed by atoms with E-state index in [1.807, 2.05) is 0 Å². The zero-order valence-electron chi connectivity index (χ0n) is 14.8. The average Bonchev–Trinajstić information content (AvgIpc) is 2.62. The summed E-state index contributed by atoms with van der Waals surface area (Å²) in [6, 6.07) is 8.28. The van der Waals surface area contributed by atoms with Crippen molar-refractivity contribution in [3.05, 3.63) is 75.1 Å². The van der Waals surface area contributed by atoms with Crippen molar-refractivity contribution in [1.82, 2.24) is 9.97 Å². The van der Waals surface area contributed by atoms with Gasteiger partial charge in [-0.25, -0.2) is 0 Å². The smallest absolute Gasteiger partial charge is 0.545 e. The van der Waals surface area contributed by atoms with Gasteiger partial charge in [0.25, 0.3) is 5.91 Å². The Hall–Kier alpha value is -2.27. The molecule has 0 radical (unpaired) electrons. The van der Waals surface area contributed by atoms with E-state index in [1.54, 1.807) is 0 Å². The maximum absolute atomic E-state index is 12.4. The number of aromatic nitrogens is 2. The molecule has 0 spiro atoms. The fraction of sp³-hybridized carbons (Fsp3) is 0. The first-order valence-corrected chi connectivity index (χ1v) is 8.74. The van der Waals surface area contributed by atoms with Crippen molar-refractivity contribution in [1.29, 1.82) is 0 Å². The van der Waals surface area contributed by atoms with E-state index in [1.165, 1.54) is 48.8 Å². The van der Waals surface area contributed by atoms with Gasteiger partial charge in [-0.05, 0) is 36.4 Å². The molecule has 142 valence electrons. The van der Waals surface area contributed by atoms with Gasteiger partial charge in [-0.3, -0.25) is 9.78 Å². The third-order valence-corrected chi connectivity index (χ3v) is 4.17. The molecule has 2 aromatic carbocycles. The van der Waals surface area contributed by atoms with Crippen molar-refractivity contribution in [2.45, 2.75) is 0 Å². The minimum Gasteiger partial charge on any atom is -0.545 e. The summed E-state index contributed by atoms with van der Waals surface area (Å²) in [5.41, 5.74) is -0.170. The summed E-state index contributed by atoms with van der Waals surface area (Å²) < 4.78 is 5.43. The van der Waals surface area contributed by atoms with Crippen molar-refractivity contribution >= 4 is 52.4 Å². The molecule has 7 nitrogen and oxygen atoms in total. The molecular formula is C18H9Cl3LiN3O4. The van der Waals surface area contributed by atoms with Gasteiger partial charge in [0, 0.05) is 10.6 Å². The normalized spacial score (nSPS) is 10.0. The number of hydrogen-bond donors (Lipinski definition) is 1. The number of benzene rings is 2. The molecule has 0 aliphatic heterocycles. The van der Waals surface area contributed by atoms with Crippen molar-refractivity contribution in [3.8, 4) is 11.6 Å². The van der Waals surface area contributed by atoms with Gasteiger partial charge < -0.3 is 20.0 Å². The number of amides is 1. The predicted molar refractivity (Wildman–Crippen MR) is 102 cm³/mol. The fourth-order valence-electron chi connectivity index (χ4n) is 2.22. The van der Waals surface area contributed by atoms with Crippen LogP contribution in [0.1, 0.15) is 20.7 Å². The molecule has 0 fully saturated rings. The maximum atomic E-state index is 12.4. The van der Waals surface area contributed by atoms with Crippen LogP contribution in [0.5, 0.6) is 11.6 Å². The minimum atomic E-state index is -1.51. The van der Waals surface area contributed by atoms with Crippen LogP contribution in [0.15, 0.2) is 48.8 Å². The van der Waals surface area contributed by atoms with E-state index in [4.69, 9.17) is 39.5 Å². The Kier molecular flexibility index (Phi) is 7.91. The molecule has 1 heterocycles. The predicted octanol–water partition coefficient (Wildman–Crippen LogP) is 0.849. The Bertz CT molecular complexity index is 1080. The molecule has 0 saturated heterocycles. The van der Waals surface area contributed by atoms with Gasteiger partial charge in [-0.15, -0.1) is 0 Å². The number of nitrogens with zero attached hydrogens (tertiary/aromatic N) is 2. The van der Waals surface area contributed by atoms with Crippen LogP contribution in [0.4, 0.5) is 5.69 Å². The Morgan fingerprint density at radius 2 is 1.76 bits per heavy atom. The first-order valence-electron chi connectivity index (χ1n) is 7.60. The number of carboxylic acid groups (broad SMARTS) is 1. The zero-order valence-corrected chi connectivity index (χ0v) is 17.0. The van der Waals surface area contributed by atoms with Crippen molar-refractivity contribution in [2.75, 3.05) is 5.32 Å². The molecule has 1 aromatic heterocycles. The monoisotopic (exact) mass is 443 g/mol. The quantitative estimate of drug-likeness (QED) is 0.585. The van der Waals surface area contributed by atoms with Crippen LogP contribution in [0.25, 0.3) is 0 Å². The number of carbonyl (C=O) groups is 2. The zero-order chi connectivity index (χ0) is 20.3. The molecule has 0 aliphatic carbocycles. The first kappa shape index (κ1) is 23.0. The van der Waals surface area contributed by atoms with Crippen molar-refractivity contribution in [3.63, 3.8) is 0 Å². The summed E-state index contributed by atoms with van der Waals surface area (Å²) in [5, 5.41) is 14.6. The van der Waals surface area contributed by atoms with Crippen LogP contribution in [0.2, 0.25) is 15.2 Å². The van der Waals surface area contributed by atoms with Crippen LogP contribution < -0.4 is 34.0 Å². The summed E-state index contributed by atoms with van der Waals surface area (Å²) in [4.78, 5) is 31.6. The van der Waals surface area contributed by atoms with Crippen LogP contribution in [-0.4, -0.2) is 21.8 Å². The Morgan fingerprint density at radius 1 is 1.00 bits per heavy atom. The van der Waals surface area contributed by atoms with E-state index in [2.05, 4.69) is 15.3 Å². The number of nitrogens with one attached hydrogen (secondary N) is 1. The molecule has 0 aliphatic rings. The topological polar surface area (TPSA) is 104 Å². The summed E-state index contributed by atoms with van der Waals surface area (Å²) >= 11 is 17.5. The number of carboxylic acids is 1. The van der Waals surface area contributed by atoms with E-state index >= 15 is 0 Å². The van der Waals surface area contributed by atoms with Crippen molar-refractivity contribution < 1.29 is 38.3 Å². The number of anilines is 1. The van der Waals surface area contributed by atoms with Gasteiger partial charge in [0.1, 0.15) is 5.75 Å².